The van der Waals surface area contributed by atoms with Gasteiger partial charge in [0.1, 0.15) is 5.82 Å². The Morgan fingerprint density at radius 2 is 1.80 bits per heavy atom. The van der Waals surface area contributed by atoms with Crippen molar-refractivity contribution < 1.29 is 4.79 Å². The average molecular weight is 403 g/mol. The quantitative estimate of drug-likeness (QED) is 0.662. The van der Waals surface area contributed by atoms with Crippen molar-refractivity contribution >= 4 is 11.7 Å². The van der Waals surface area contributed by atoms with E-state index in [1.54, 1.807) is 0 Å². The zero-order valence-electron chi connectivity index (χ0n) is 17.9. The Balaban J connectivity index is 1.47. The van der Waals surface area contributed by atoms with Gasteiger partial charge < -0.3 is 14.8 Å². The molecular weight excluding hydrogens is 372 g/mol. The summed E-state index contributed by atoms with van der Waals surface area (Å²) in [6, 6.07) is 16.3. The topological polar surface area (TPSA) is 50.2 Å². The maximum atomic E-state index is 13.0. The molecule has 5 heteroatoms. The normalized spacial score (nSPS) is 14.0. The zero-order valence-corrected chi connectivity index (χ0v) is 17.9. The van der Waals surface area contributed by atoms with Crippen molar-refractivity contribution in [2.45, 2.75) is 46.2 Å². The van der Waals surface area contributed by atoms with Gasteiger partial charge in [-0.25, -0.2) is 4.98 Å². The van der Waals surface area contributed by atoms with E-state index in [-0.39, 0.29) is 5.91 Å². The van der Waals surface area contributed by atoms with Gasteiger partial charge in [-0.2, -0.15) is 0 Å². The number of carbonyl (C=O) groups is 1. The molecule has 2 aromatic heterocycles. The summed E-state index contributed by atoms with van der Waals surface area (Å²) in [6.45, 7) is 7.42. The summed E-state index contributed by atoms with van der Waals surface area (Å²) in [7, 11) is 0. The van der Waals surface area contributed by atoms with Gasteiger partial charge in [-0.1, -0.05) is 36.4 Å². The van der Waals surface area contributed by atoms with E-state index in [4.69, 9.17) is 0 Å². The minimum Gasteiger partial charge on any atom is -0.356 e. The van der Waals surface area contributed by atoms with Gasteiger partial charge in [-0.3, -0.25) is 4.79 Å². The molecule has 1 N–H and O–H groups in total. The minimum absolute atomic E-state index is 0.0316. The SMILES string of the molecule is Cc1cc(C(=O)NCc2cccnc2N2CCCCC2)c(C)n1Cc1ccccc1. The Labute approximate surface area is 178 Å². The smallest absolute Gasteiger partial charge is 0.253 e. The second-order valence-corrected chi connectivity index (χ2v) is 8.07. The van der Waals surface area contributed by atoms with Crippen molar-refractivity contribution in [2.75, 3.05) is 18.0 Å². The van der Waals surface area contributed by atoms with Gasteiger partial charge in [0.2, 0.25) is 0 Å². The molecular formula is C25H30N4O. The Bertz CT molecular complexity index is 1000. The molecule has 1 saturated heterocycles. The number of aryl methyl sites for hydroxylation is 1. The fourth-order valence-electron chi connectivity index (χ4n) is 4.27. The van der Waals surface area contributed by atoms with Crippen molar-refractivity contribution in [3.63, 3.8) is 0 Å². The second kappa shape index (κ2) is 9.16. The first kappa shape index (κ1) is 20.2. The van der Waals surface area contributed by atoms with Crippen LogP contribution in [0.2, 0.25) is 0 Å². The molecule has 0 aliphatic carbocycles. The Hall–Kier alpha value is -3.08. The predicted molar refractivity (Wildman–Crippen MR) is 121 cm³/mol. The van der Waals surface area contributed by atoms with E-state index in [2.05, 4.69) is 44.9 Å². The molecule has 5 nitrogen and oxygen atoms in total. The summed E-state index contributed by atoms with van der Waals surface area (Å²) in [5, 5.41) is 3.12. The van der Waals surface area contributed by atoms with Crippen molar-refractivity contribution in [1.29, 1.82) is 0 Å². The Morgan fingerprint density at radius 3 is 2.57 bits per heavy atom. The molecule has 1 aliphatic rings. The summed E-state index contributed by atoms with van der Waals surface area (Å²) >= 11 is 0. The molecule has 3 heterocycles. The fourth-order valence-corrected chi connectivity index (χ4v) is 4.27. The molecule has 1 aromatic carbocycles. The number of aromatic nitrogens is 2. The van der Waals surface area contributed by atoms with Crippen LogP contribution in [0.5, 0.6) is 0 Å². The zero-order chi connectivity index (χ0) is 20.9. The number of hydrogen-bond acceptors (Lipinski definition) is 3. The third-order valence-electron chi connectivity index (χ3n) is 5.96. The van der Waals surface area contributed by atoms with E-state index in [9.17, 15) is 4.79 Å². The molecule has 0 saturated carbocycles. The van der Waals surface area contributed by atoms with Crippen LogP contribution in [0.25, 0.3) is 0 Å². The number of amides is 1. The van der Waals surface area contributed by atoms with Crippen molar-refractivity contribution in [3.8, 4) is 0 Å². The number of anilines is 1. The third kappa shape index (κ3) is 4.40. The highest BCUT2D eigenvalue weighted by Gasteiger charge is 2.18. The molecule has 156 valence electrons. The van der Waals surface area contributed by atoms with Gasteiger partial charge in [0.05, 0.1) is 5.56 Å². The maximum Gasteiger partial charge on any atom is 0.253 e. The van der Waals surface area contributed by atoms with E-state index in [1.165, 1.54) is 24.8 Å². The number of rotatable bonds is 6. The van der Waals surface area contributed by atoms with E-state index < -0.39 is 0 Å². The van der Waals surface area contributed by atoms with Crippen LogP contribution in [0.4, 0.5) is 5.82 Å². The molecule has 0 bridgehead atoms. The third-order valence-corrected chi connectivity index (χ3v) is 5.96. The largest absolute Gasteiger partial charge is 0.356 e. The maximum absolute atomic E-state index is 13.0. The van der Waals surface area contributed by atoms with Gasteiger partial charge in [0, 0.05) is 49.3 Å². The van der Waals surface area contributed by atoms with Crippen LogP contribution in [0.3, 0.4) is 0 Å². The summed E-state index contributed by atoms with van der Waals surface area (Å²) in [5.41, 5.74) is 5.14. The van der Waals surface area contributed by atoms with E-state index >= 15 is 0 Å². The summed E-state index contributed by atoms with van der Waals surface area (Å²) in [5.74, 6) is 0.975. The molecule has 3 aromatic rings. The molecule has 4 rings (SSSR count). The molecule has 0 spiro atoms. The van der Waals surface area contributed by atoms with E-state index in [1.807, 2.05) is 43.5 Å². The number of nitrogens with zero attached hydrogens (tertiary/aromatic N) is 3. The summed E-state index contributed by atoms with van der Waals surface area (Å²) in [6.07, 6.45) is 5.53. The Morgan fingerprint density at radius 1 is 1.03 bits per heavy atom. The van der Waals surface area contributed by atoms with Crippen molar-refractivity contribution in [1.82, 2.24) is 14.9 Å². The highest BCUT2D eigenvalue weighted by molar-refractivity contribution is 5.95. The lowest BCUT2D eigenvalue weighted by Gasteiger charge is -2.29. The molecule has 1 amide bonds. The van der Waals surface area contributed by atoms with E-state index in [0.29, 0.717) is 6.54 Å². The van der Waals surface area contributed by atoms with Crippen molar-refractivity contribution in [2.24, 2.45) is 0 Å². The lowest BCUT2D eigenvalue weighted by atomic mass is 10.1. The first-order valence-electron chi connectivity index (χ1n) is 10.8. The van der Waals surface area contributed by atoms with Crippen LogP contribution in [-0.2, 0) is 13.1 Å². The number of nitrogens with one attached hydrogen (secondary N) is 1. The molecule has 0 atom stereocenters. The predicted octanol–water partition coefficient (Wildman–Crippen LogP) is 4.47. The number of hydrogen-bond donors (Lipinski definition) is 1. The van der Waals surface area contributed by atoms with Crippen LogP contribution < -0.4 is 10.2 Å². The van der Waals surface area contributed by atoms with E-state index in [0.717, 1.165) is 48.0 Å². The van der Waals surface area contributed by atoms with Gasteiger partial charge >= 0.3 is 0 Å². The van der Waals surface area contributed by atoms with Crippen molar-refractivity contribution in [3.05, 3.63) is 82.8 Å². The van der Waals surface area contributed by atoms with Gasteiger partial charge in [-0.15, -0.1) is 0 Å². The monoisotopic (exact) mass is 402 g/mol. The first-order chi connectivity index (χ1) is 14.6. The number of benzene rings is 1. The number of carbonyl (C=O) groups excluding carboxylic acids is 1. The lowest BCUT2D eigenvalue weighted by molar-refractivity contribution is 0.0950. The van der Waals surface area contributed by atoms with Crippen LogP contribution in [0, 0.1) is 13.8 Å². The fraction of sp³-hybridized carbons (Fsp3) is 0.360. The first-order valence-corrected chi connectivity index (χ1v) is 10.8. The molecule has 30 heavy (non-hydrogen) atoms. The average Bonchev–Trinajstić information content (AvgIpc) is 3.07. The summed E-state index contributed by atoms with van der Waals surface area (Å²) in [4.78, 5) is 19.9. The molecule has 1 aliphatic heterocycles. The van der Waals surface area contributed by atoms with Gasteiger partial charge in [0.25, 0.3) is 5.91 Å². The standard InChI is InChI=1S/C25H30N4O/c1-19-16-23(20(2)29(19)18-21-10-5-3-6-11-21)25(30)27-17-22-12-9-13-26-24(22)28-14-7-4-8-15-28/h3,5-6,9-13,16H,4,7-8,14-15,17-18H2,1-2H3,(H,27,30). The van der Waals surface area contributed by atoms with Gasteiger partial charge in [-0.05, 0) is 50.8 Å². The van der Waals surface area contributed by atoms with Crippen LogP contribution in [0.15, 0.2) is 54.7 Å². The van der Waals surface area contributed by atoms with Gasteiger partial charge in [0.15, 0.2) is 0 Å². The number of pyridine rings is 1. The highest BCUT2D eigenvalue weighted by atomic mass is 16.1. The summed E-state index contributed by atoms with van der Waals surface area (Å²) < 4.78 is 2.20. The molecule has 1 fully saturated rings. The highest BCUT2D eigenvalue weighted by Crippen LogP contribution is 2.22. The van der Waals surface area contributed by atoms with Crippen LogP contribution >= 0.6 is 0 Å². The molecule has 0 radical (unpaired) electrons. The van der Waals surface area contributed by atoms with Crippen LogP contribution in [0.1, 0.15) is 52.1 Å². The minimum atomic E-state index is -0.0316. The lowest BCUT2D eigenvalue weighted by Crippen LogP contribution is -2.32. The number of piperidine rings is 1. The Kier molecular flexibility index (Phi) is 6.17. The van der Waals surface area contributed by atoms with Crippen LogP contribution in [-0.4, -0.2) is 28.5 Å². The second-order valence-electron chi connectivity index (χ2n) is 8.07. The molecule has 0 unspecified atom stereocenters.